The van der Waals surface area contributed by atoms with Crippen LogP contribution in [0.15, 0.2) is 24.5 Å². The van der Waals surface area contributed by atoms with Gasteiger partial charge in [0.05, 0.1) is 18.0 Å². The lowest BCUT2D eigenvalue weighted by Crippen LogP contribution is -2.61. The van der Waals surface area contributed by atoms with E-state index in [2.05, 4.69) is 0 Å². The average molecular weight is 256 g/mol. The van der Waals surface area contributed by atoms with Crippen LogP contribution in [0, 0.1) is 0 Å². The summed E-state index contributed by atoms with van der Waals surface area (Å²) in [4.78, 5) is 0. The van der Waals surface area contributed by atoms with Crippen LogP contribution in [-0.2, 0) is 9.47 Å². The third-order valence-electron chi connectivity index (χ3n) is 3.24. The van der Waals surface area contributed by atoms with Gasteiger partial charge >= 0.3 is 0 Å². The van der Waals surface area contributed by atoms with Gasteiger partial charge in [-0.2, -0.15) is 0 Å². The molecule has 3 atom stereocenters. The fourth-order valence-electron chi connectivity index (χ4n) is 1.74. The lowest BCUT2D eigenvalue weighted by Gasteiger charge is -2.44. The van der Waals surface area contributed by atoms with Crippen molar-refractivity contribution in [3.63, 3.8) is 0 Å². The summed E-state index contributed by atoms with van der Waals surface area (Å²) in [6.07, 6.45) is 5.83. The first-order valence-electron chi connectivity index (χ1n) is 6.25. The monoisotopic (exact) mass is 256 g/mol. The fraction of sp³-hybridized carbons (Fsp3) is 0.714. The topological polar surface area (TPSA) is 58.9 Å². The number of ether oxygens (including phenoxy) is 2. The van der Waals surface area contributed by atoms with E-state index in [9.17, 15) is 10.2 Å². The van der Waals surface area contributed by atoms with Crippen LogP contribution in [0.2, 0.25) is 0 Å². The minimum atomic E-state index is -1.43. The molecular formula is C14H24O4. The number of allylic oxidation sites excluding steroid dienone is 2. The molecule has 104 valence electrons. The summed E-state index contributed by atoms with van der Waals surface area (Å²) in [5, 5.41) is 20.7. The van der Waals surface area contributed by atoms with Crippen LogP contribution in [0.4, 0.5) is 0 Å². The molecule has 0 amide bonds. The van der Waals surface area contributed by atoms with Gasteiger partial charge in [0.1, 0.15) is 17.8 Å². The number of rotatable bonds is 5. The van der Waals surface area contributed by atoms with Gasteiger partial charge in [0.15, 0.2) is 0 Å². The second-order valence-corrected chi connectivity index (χ2v) is 5.63. The normalized spacial score (nSPS) is 24.8. The van der Waals surface area contributed by atoms with Crippen LogP contribution in [0.25, 0.3) is 0 Å². The Morgan fingerprint density at radius 1 is 1.17 bits per heavy atom. The standard InChI is InChI=1S/C14H24O4/c1-10(2)18-12(11-8-6-7-9-17-11)14(5,16)13(3,4)15/h6-12,15-16H,1-5H3. The molecule has 1 heterocycles. The number of hydrogen-bond acceptors (Lipinski definition) is 4. The van der Waals surface area contributed by atoms with Gasteiger partial charge in [-0.15, -0.1) is 0 Å². The minimum absolute atomic E-state index is 0.0771. The van der Waals surface area contributed by atoms with Gasteiger partial charge < -0.3 is 19.7 Å². The molecule has 4 nitrogen and oxygen atoms in total. The molecule has 0 bridgehead atoms. The molecule has 0 aromatic heterocycles. The Labute approximate surface area is 109 Å². The van der Waals surface area contributed by atoms with Crippen LogP contribution in [0.1, 0.15) is 34.6 Å². The van der Waals surface area contributed by atoms with E-state index in [4.69, 9.17) is 9.47 Å². The van der Waals surface area contributed by atoms with Crippen molar-refractivity contribution < 1.29 is 19.7 Å². The molecule has 0 radical (unpaired) electrons. The van der Waals surface area contributed by atoms with E-state index >= 15 is 0 Å². The Hall–Kier alpha value is -0.840. The lowest BCUT2D eigenvalue weighted by molar-refractivity contribution is -0.221. The quantitative estimate of drug-likeness (QED) is 0.787. The maximum atomic E-state index is 10.6. The highest BCUT2D eigenvalue weighted by molar-refractivity contribution is 5.13. The minimum Gasteiger partial charge on any atom is -0.491 e. The molecule has 0 aromatic rings. The number of aliphatic hydroxyl groups is 2. The van der Waals surface area contributed by atoms with E-state index in [1.165, 1.54) is 0 Å². The van der Waals surface area contributed by atoms with E-state index in [1.54, 1.807) is 33.1 Å². The smallest absolute Gasteiger partial charge is 0.145 e. The SMILES string of the molecule is CC(C)OC(C1C=CC=CO1)C(C)(O)C(C)(C)O. The summed E-state index contributed by atoms with van der Waals surface area (Å²) in [5.74, 6) is 0. The maximum Gasteiger partial charge on any atom is 0.145 e. The molecule has 0 saturated heterocycles. The summed E-state index contributed by atoms with van der Waals surface area (Å²) in [6, 6.07) is 0. The summed E-state index contributed by atoms with van der Waals surface area (Å²) in [7, 11) is 0. The van der Waals surface area contributed by atoms with Gasteiger partial charge in [-0.1, -0.05) is 6.08 Å². The van der Waals surface area contributed by atoms with Crippen LogP contribution in [0.3, 0.4) is 0 Å². The van der Waals surface area contributed by atoms with Crippen molar-refractivity contribution in [3.05, 3.63) is 24.5 Å². The van der Waals surface area contributed by atoms with Gasteiger partial charge in [0, 0.05) is 0 Å². The molecule has 2 N–H and O–H groups in total. The third kappa shape index (κ3) is 3.34. The van der Waals surface area contributed by atoms with Crippen molar-refractivity contribution in [2.24, 2.45) is 0 Å². The van der Waals surface area contributed by atoms with E-state index in [1.807, 2.05) is 26.0 Å². The summed E-state index contributed by atoms with van der Waals surface area (Å²) in [6.45, 7) is 8.46. The van der Waals surface area contributed by atoms with Crippen molar-refractivity contribution in [1.29, 1.82) is 0 Å². The van der Waals surface area contributed by atoms with Crippen molar-refractivity contribution in [2.45, 2.75) is 64.1 Å². The van der Waals surface area contributed by atoms with E-state index in [0.717, 1.165) is 0 Å². The Morgan fingerprint density at radius 2 is 1.78 bits per heavy atom. The first-order valence-corrected chi connectivity index (χ1v) is 6.25. The first-order chi connectivity index (χ1) is 8.16. The molecular weight excluding hydrogens is 232 g/mol. The summed E-state index contributed by atoms with van der Waals surface area (Å²) in [5.41, 5.74) is -2.73. The summed E-state index contributed by atoms with van der Waals surface area (Å²) < 4.78 is 11.2. The summed E-state index contributed by atoms with van der Waals surface area (Å²) >= 11 is 0. The van der Waals surface area contributed by atoms with Crippen molar-refractivity contribution in [3.8, 4) is 0 Å². The number of hydrogen-bond donors (Lipinski definition) is 2. The second-order valence-electron chi connectivity index (χ2n) is 5.63. The molecule has 3 unspecified atom stereocenters. The Balaban J connectivity index is 2.97. The molecule has 0 aromatic carbocycles. The largest absolute Gasteiger partial charge is 0.491 e. The Bertz CT molecular complexity index is 323. The third-order valence-corrected chi connectivity index (χ3v) is 3.24. The first kappa shape index (κ1) is 15.2. The van der Waals surface area contributed by atoms with Crippen LogP contribution >= 0.6 is 0 Å². The highest BCUT2D eigenvalue weighted by Gasteiger charge is 2.49. The fourth-order valence-corrected chi connectivity index (χ4v) is 1.74. The molecule has 0 spiro atoms. The molecule has 1 aliphatic rings. The zero-order chi connectivity index (χ0) is 14.0. The van der Waals surface area contributed by atoms with Gasteiger partial charge in [-0.3, -0.25) is 0 Å². The predicted molar refractivity (Wildman–Crippen MR) is 70.1 cm³/mol. The maximum absolute atomic E-state index is 10.6. The van der Waals surface area contributed by atoms with Gasteiger partial charge in [-0.05, 0) is 46.8 Å². The van der Waals surface area contributed by atoms with Gasteiger partial charge in [0.25, 0.3) is 0 Å². The van der Waals surface area contributed by atoms with Crippen LogP contribution < -0.4 is 0 Å². The van der Waals surface area contributed by atoms with E-state index in [0.29, 0.717) is 0 Å². The zero-order valence-electron chi connectivity index (χ0n) is 11.8. The lowest BCUT2D eigenvalue weighted by atomic mass is 9.80. The second kappa shape index (κ2) is 5.43. The predicted octanol–water partition coefficient (Wildman–Crippen LogP) is 1.77. The van der Waals surface area contributed by atoms with E-state index < -0.39 is 23.4 Å². The van der Waals surface area contributed by atoms with Crippen LogP contribution in [0.5, 0.6) is 0 Å². The van der Waals surface area contributed by atoms with E-state index in [-0.39, 0.29) is 6.10 Å². The highest BCUT2D eigenvalue weighted by Crippen LogP contribution is 2.31. The van der Waals surface area contributed by atoms with Crippen molar-refractivity contribution in [1.82, 2.24) is 0 Å². The molecule has 0 aliphatic carbocycles. The molecule has 18 heavy (non-hydrogen) atoms. The van der Waals surface area contributed by atoms with Crippen molar-refractivity contribution >= 4 is 0 Å². The molecule has 0 saturated carbocycles. The van der Waals surface area contributed by atoms with Crippen LogP contribution in [-0.4, -0.2) is 39.7 Å². The zero-order valence-corrected chi connectivity index (χ0v) is 11.8. The Kier molecular flexibility index (Phi) is 4.59. The molecule has 1 aliphatic heterocycles. The molecule has 4 heteroatoms. The molecule has 1 rings (SSSR count). The average Bonchev–Trinajstić information content (AvgIpc) is 2.25. The molecule has 0 fully saturated rings. The Morgan fingerprint density at radius 3 is 2.17 bits per heavy atom. The highest BCUT2D eigenvalue weighted by atomic mass is 16.6. The van der Waals surface area contributed by atoms with Crippen molar-refractivity contribution in [2.75, 3.05) is 0 Å². The van der Waals surface area contributed by atoms with Gasteiger partial charge in [-0.25, -0.2) is 0 Å². The van der Waals surface area contributed by atoms with Gasteiger partial charge in [0.2, 0.25) is 0 Å².